The molecule has 9 nitrogen and oxygen atoms in total. The highest BCUT2D eigenvalue weighted by molar-refractivity contribution is 5.77. The van der Waals surface area contributed by atoms with E-state index in [1.807, 2.05) is 0 Å². The SMILES string of the molecule is Cc1cc(NC2CCC(OCC(=O)N3CCC(Nc4ccc(OC(F)(F)F)cc4)CC3)CC2)ccc1[N+](=O)[O-]. The zero-order valence-corrected chi connectivity index (χ0v) is 21.7. The molecule has 2 N–H and O–H groups in total. The lowest BCUT2D eigenvalue weighted by Gasteiger charge is -2.34. The smallest absolute Gasteiger partial charge is 0.406 e. The lowest BCUT2D eigenvalue weighted by molar-refractivity contribution is -0.385. The largest absolute Gasteiger partial charge is 0.573 e. The number of nitrogens with zero attached hydrogens (tertiary/aromatic N) is 2. The van der Waals surface area contributed by atoms with Gasteiger partial charge in [0.1, 0.15) is 12.4 Å². The molecule has 4 rings (SSSR count). The second-order valence-electron chi connectivity index (χ2n) is 10.1. The molecule has 0 unspecified atom stereocenters. The number of piperidine rings is 1. The van der Waals surface area contributed by atoms with Crippen LogP contribution in [0, 0.1) is 17.0 Å². The fraction of sp³-hybridized carbons (Fsp3) is 0.519. The third kappa shape index (κ3) is 8.47. The zero-order chi connectivity index (χ0) is 28.0. The van der Waals surface area contributed by atoms with Crippen LogP contribution in [0.5, 0.6) is 5.75 Å². The standard InChI is InChI=1S/C27H33F3N4O5/c1-18-16-22(6-11-25(18)34(36)37)32-20-2-7-23(8-3-20)38-17-26(35)33-14-12-21(13-15-33)31-19-4-9-24(10-5-19)39-27(28,29)30/h4-6,9-11,16,20-21,23,31-32H,2-3,7-8,12-15,17H2,1H3. The van der Waals surface area contributed by atoms with Gasteiger partial charge in [0.25, 0.3) is 5.69 Å². The van der Waals surface area contributed by atoms with E-state index in [0.717, 1.165) is 44.2 Å². The lowest BCUT2D eigenvalue weighted by atomic mass is 9.92. The third-order valence-electron chi connectivity index (χ3n) is 7.19. The van der Waals surface area contributed by atoms with E-state index in [1.54, 1.807) is 36.1 Å². The summed E-state index contributed by atoms with van der Waals surface area (Å²) in [5.74, 6) is -0.304. The fourth-order valence-electron chi connectivity index (χ4n) is 5.10. The van der Waals surface area contributed by atoms with Gasteiger partial charge in [-0.1, -0.05) is 0 Å². The van der Waals surface area contributed by atoms with Crippen molar-refractivity contribution in [3.8, 4) is 5.75 Å². The summed E-state index contributed by atoms with van der Waals surface area (Å²) in [5.41, 5.74) is 2.29. The Morgan fingerprint density at radius 1 is 0.974 bits per heavy atom. The number of aryl methyl sites for hydroxylation is 1. The molecule has 0 atom stereocenters. The number of carbonyl (C=O) groups excluding carboxylic acids is 1. The molecule has 2 fully saturated rings. The van der Waals surface area contributed by atoms with Crippen LogP contribution in [-0.4, -0.2) is 60.0 Å². The van der Waals surface area contributed by atoms with Crippen molar-refractivity contribution in [2.75, 3.05) is 30.3 Å². The Labute approximate surface area is 224 Å². The number of nitro benzene ring substituents is 1. The van der Waals surface area contributed by atoms with Gasteiger partial charge in [0.05, 0.1) is 11.0 Å². The minimum absolute atomic E-state index is 0.0223. The molecular weight excluding hydrogens is 517 g/mol. The van der Waals surface area contributed by atoms with Crippen molar-refractivity contribution in [1.29, 1.82) is 0 Å². The Morgan fingerprint density at radius 3 is 2.15 bits per heavy atom. The number of nitrogens with one attached hydrogen (secondary N) is 2. The van der Waals surface area contributed by atoms with E-state index in [1.165, 1.54) is 18.2 Å². The maximum absolute atomic E-state index is 12.7. The number of anilines is 2. The molecular formula is C27H33F3N4O5. The summed E-state index contributed by atoms with van der Waals surface area (Å²) in [6, 6.07) is 11.0. The van der Waals surface area contributed by atoms with Gasteiger partial charge < -0.3 is 25.0 Å². The first-order chi connectivity index (χ1) is 18.6. The molecule has 0 bridgehead atoms. The molecule has 1 aliphatic carbocycles. The number of hydrogen-bond acceptors (Lipinski definition) is 7. The summed E-state index contributed by atoms with van der Waals surface area (Å²) >= 11 is 0. The molecule has 2 aromatic carbocycles. The van der Waals surface area contributed by atoms with E-state index in [-0.39, 0.29) is 47.1 Å². The molecule has 0 radical (unpaired) electrons. The molecule has 1 saturated carbocycles. The molecule has 1 aliphatic heterocycles. The quantitative estimate of drug-likeness (QED) is 0.307. The predicted molar refractivity (Wildman–Crippen MR) is 140 cm³/mol. The van der Waals surface area contributed by atoms with E-state index in [4.69, 9.17) is 4.74 Å². The first kappa shape index (κ1) is 28.5. The normalized spacial score (nSPS) is 20.4. The molecule has 1 heterocycles. The summed E-state index contributed by atoms with van der Waals surface area (Å²) < 4.78 is 46.7. The van der Waals surface area contributed by atoms with Crippen LogP contribution in [-0.2, 0) is 9.53 Å². The Morgan fingerprint density at radius 2 is 1.56 bits per heavy atom. The summed E-state index contributed by atoms with van der Waals surface area (Å²) in [4.78, 5) is 25.1. The molecule has 1 amide bonds. The van der Waals surface area contributed by atoms with Crippen LogP contribution in [0.4, 0.5) is 30.2 Å². The van der Waals surface area contributed by atoms with Crippen molar-refractivity contribution in [2.24, 2.45) is 0 Å². The number of amides is 1. The maximum atomic E-state index is 12.7. The average Bonchev–Trinajstić information content (AvgIpc) is 2.89. The second kappa shape index (κ2) is 12.5. The Balaban J connectivity index is 1.13. The average molecular weight is 551 g/mol. The third-order valence-corrected chi connectivity index (χ3v) is 7.19. The van der Waals surface area contributed by atoms with Gasteiger partial charge in [0.15, 0.2) is 0 Å². The number of carbonyl (C=O) groups is 1. The highest BCUT2D eigenvalue weighted by Crippen LogP contribution is 2.28. The van der Waals surface area contributed by atoms with Gasteiger partial charge in [0, 0.05) is 48.2 Å². The van der Waals surface area contributed by atoms with Crippen molar-refractivity contribution in [2.45, 2.75) is 70.0 Å². The van der Waals surface area contributed by atoms with Crippen LogP contribution < -0.4 is 15.4 Å². The number of ether oxygens (including phenoxy) is 2. The molecule has 12 heteroatoms. The molecule has 0 spiro atoms. The van der Waals surface area contributed by atoms with E-state index >= 15 is 0 Å². The summed E-state index contributed by atoms with van der Waals surface area (Å²) in [7, 11) is 0. The molecule has 2 aromatic rings. The number of alkyl halides is 3. The summed E-state index contributed by atoms with van der Waals surface area (Å²) in [5, 5.41) is 17.8. The van der Waals surface area contributed by atoms with Crippen LogP contribution in [0.2, 0.25) is 0 Å². The monoisotopic (exact) mass is 550 g/mol. The number of hydrogen-bond donors (Lipinski definition) is 2. The van der Waals surface area contributed by atoms with Crippen molar-refractivity contribution in [3.63, 3.8) is 0 Å². The summed E-state index contributed by atoms with van der Waals surface area (Å²) in [6.07, 6.45) is 0.187. The number of nitro groups is 1. The Bertz CT molecular complexity index is 1130. The van der Waals surface area contributed by atoms with Gasteiger partial charge in [-0.3, -0.25) is 14.9 Å². The summed E-state index contributed by atoms with van der Waals surface area (Å²) in [6.45, 7) is 2.94. The van der Waals surface area contributed by atoms with Crippen molar-refractivity contribution in [3.05, 3.63) is 58.1 Å². The number of likely N-dealkylation sites (tertiary alicyclic amines) is 1. The van der Waals surface area contributed by atoms with Crippen molar-refractivity contribution < 1.29 is 32.4 Å². The van der Waals surface area contributed by atoms with Crippen molar-refractivity contribution in [1.82, 2.24) is 4.90 Å². The van der Waals surface area contributed by atoms with E-state index in [0.29, 0.717) is 24.3 Å². The van der Waals surface area contributed by atoms with Crippen LogP contribution in [0.25, 0.3) is 0 Å². The van der Waals surface area contributed by atoms with Gasteiger partial charge in [-0.2, -0.15) is 0 Å². The maximum Gasteiger partial charge on any atom is 0.573 e. The van der Waals surface area contributed by atoms with Crippen LogP contribution in [0.15, 0.2) is 42.5 Å². The first-order valence-corrected chi connectivity index (χ1v) is 13.1. The molecule has 39 heavy (non-hydrogen) atoms. The van der Waals surface area contributed by atoms with Crippen LogP contribution >= 0.6 is 0 Å². The lowest BCUT2D eigenvalue weighted by Crippen LogP contribution is -2.44. The minimum atomic E-state index is -4.72. The Hall–Kier alpha value is -3.54. The second-order valence-corrected chi connectivity index (χ2v) is 10.1. The van der Waals surface area contributed by atoms with Gasteiger partial charge >= 0.3 is 6.36 Å². The van der Waals surface area contributed by atoms with Gasteiger partial charge in [0.2, 0.25) is 5.91 Å². The topological polar surface area (TPSA) is 106 Å². The van der Waals surface area contributed by atoms with Crippen molar-refractivity contribution >= 4 is 23.0 Å². The Kier molecular flexibility index (Phi) is 9.16. The number of rotatable bonds is 9. The highest BCUT2D eigenvalue weighted by atomic mass is 19.4. The van der Waals surface area contributed by atoms with E-state index in [9.17, 15) is 28.1 Å². The van der Waals surface area contributed by atoms with E-state index < -0.39 is 6.36 Å². The van der Waals surface area contributed by atoms with Gasteiger partial charge in [-0.15, -0.1) is 13.2 Å². The van der Waals surface area contributed by atoms with Crippen LogP contribution in [0.1, 0.15) is 44.1 Å². The molecule has 212 valence electrons. The van der Waals surface area contributed by atoms with E-state index in [2.05, 4.69) is 15.4 Å². The highest BCUT2D eigenvalue weighted by Gasteiger charge is 2.31. The molecule has 2 aliphatic rings. The minimum Gasteiger partial charge on any atom is -0.406 e. The van der Waals surface area contributed by atoms with Gasteiger partial charge in [-0.25, -0.2) is 0 Å². The number of halogens is 3. The first-order valence-electron chi connectivity index (χ1n) is 13.1. The zero-order valence-electron chi connectivity index (χ0n) is 21.7. The van der Waals surface area contributed by atoms with Crippen LogP contribution in [0.3, 0.4) is 0 Å². The number of benzene rings is 2. The fourth-order valence-corrected chi connectivity index (χ4v) is 5.10. The predicted octanol–water partition coefficient (Wildman–Crippen LogP) is 5.64. The van der Waals surface area contributed by atoms with Gasteiger partial charge in [-0.05, 0) is 81.8 Å². The molecule has 0 aromatic heterocycles. The molecule has 1 saturated heterocycles.